The summed E-state index contributed by atoms with van der Waals surface area (Å²) < 4.78 is 0. The number of hydrogen-bond donors (Lipinski definition) is 2. The number of carbonyl (C=O) groups excluding carboxylic acids is 1. The van der Waals surface area contributed by atoms with E-state index < -0.39 is 6.17 Å². The highest BCUT2D eigenvalue weighted by Gasteiger charge is 2.06. The third-order valence-corrected chi connectivity index (χ3v) is 1.83. The molecule has 0 saturated heterocycles. The predicted molar refractivity (Wildman–Crippen MR) is 47.6 cm³/mol. The van der Waals surface area contributed by atoms with Crippen LogP contribution in [0, 0.1) is 0 Å². The first-order chi connectivity index (χ1) is 5.75. The van der Waals surface area contributed by atoms with Crippen LogP contribution in [0.25, 0.3) is 0 Å². The number of carbonyl (C=O) groups is 1. The van der Waals surface area contributed by atoms with E-state index in [1.807, 2.05) is 6.07 Å². The smallest absolute Gasteiger partial charge is 0.208 e. The summed E-state index contributed by atoms with van der Waals surface area (Å²) in [6.45, 7) is 0. The Morgan fingerprint density at radius 3 is 2.75 bits per heavy atom. The lowest BCUT2D eigenvalue weighted by Gasteiger charge is -2.11. The Balaban J connectivity index is 2.86. The molecule has 0 saturated carbocycles. The van der Waals surface area contributed by atoms with Crippen molar-refractivity contribution in [3.63, 3.8) is 0 Å². The van der Waals surface area contributed by atoms with Gasteiger partial charge < -0.3 is 11.1 Å². The highest BCUT2D eigenvalue weighted by atomic mass is 35.5. The minimum absolute atomic E-state index is 0.531. The van der Waals surface area contributed by atoms with Crippen LogP contribution in [0.2, 0.25) is 5.02 Å². The first-order valence-electron chi connectivity index (χ1n) is 3.45. The van der Waals surface area contributed by atoms with Gasteiger partial charge >= 0.3 is 0 Å². The molecule has 1 rings (SSSR count). The molecule has 0 heterocycles. The van der Waals surface area contributed by atoms with Gasteiger partial charge in [0.15, 0.2) is 0 Å². The molecule has 0 radical (unpaired) electrons. The largest absolute Gasteiger partial charge is 0.339 e. The molecule has 0 spiro atoms. The number of nitrogens with two attached hydrogens (primary N) is 1. The van der Waals surface area contributed by atoms with Crippen molar-refractivity contribution in [3.05, 3.63) is 34.9 Å². The molecule has 0 aliphatic heterocycles. The van der Waals surface area contributed by atoms with Gasteiger partial charge in [-0.3, -0.25) is 4.79 Å². The van der Waals surface area contributed by atoms with Gasteiger partial charge in [-0.25, -0.2) is 0 Å². The van der Waals surface area contributed by atoms with E-state index in [4.69, 9.17) is 17.3 Å². The molecule has 3 N–H and O–H groups in total. The van der Waals surface area contributed by atoms with Crippen LogP contribution in [0.15, 0.2) is 24.3 Å². The van der Waals surface area contributed by atoms with Crippen LogP contribution in [-0.2, 0) is 4.79 Å². The lowest BCUT2D eigenvalue weighted by Crippen LogP contribution is -2.27. The predicted octanol–water partition coefficient (Wildman–Crippen LogP) is 1.04. The molecule has 1 aromatic rings. The van der Waals surface area contributed by atoms with Crippen LogP contribution in [0.5, 0.6) is 0 Å². The number of amides is 1. The molecule has 0 aromatic heterocycles. The Morgan fingerprint density at radius 1 is 1.50 bits per heavy atom. The van der Waals surface area contributed by atoms with E-state index >= 15 is 0 Å². The minimum Gasteiger partial charge on any atom is -0.339 e. The summed E-state index contributed by atoms with van der Waals surface area (Å²) in [7, 11) is 0. The lowest BCUT2D eigenvalue weighted by molar-refractivity contribution is -0.110. The Hall–Kier alpha value is -1.06. The van der Waals surface area contributed by atoms with Crippen molar-refractivity contribution in [3.8, 4) is 0 Å². The first kappa shape index (κ1) is 9.03. The quantitative estimate of drug-likeness (QED) is 0.545. The van der Waals surface area contributed by atoms with E-state index in [-0.39, 0.29) is 0 Å². The third-order valence-electron chi connectivity index (χ3n) is 1.49. The normalized spacial score (nSPS) is 12.2. The van der Waals surface area contributed by atoms with E-state index in [1.54, 1.807) is 18.2 Å². The van der Waals surface area contributed by atoms with Gasteiger partial charge in [-0.2, -0.15) is 0 Å². The Kier molecular flexibility index (Phi) is 3.08. The second-order valence-corrected chi connectivity index (χ2v) is 2.69. The van der Waals surface area contributed by atoms with Gasteiger partial charge in [0, 0.05) is 10.6 Å². The molecule has 0 aliphatic rings. The zero-order valence-electron chi connectivity index (χ0n) is 6.33. The molecule has 0 fully saturated rings. The van der Waals surface area contributed by atoms with E-state index in [0.717, 1.165) is 0 Å². The Labute approximate surface area is 75.5 Å². The Bertz CT molecular complexity index is 278. The third kappa shape index (κ3) is 1.96. The maximum absolute atomic E-state index is 10.1. The van der Waals surface area contributed by atoms with Gasteiger partial charge in [-0.15, -0.1) is 0 Å². The van der Waals surface area contributed by atoms with Gasteiger partial charge in [0.25, 0.3) is 0 Å². The Morgan fingerprint density at radius 2 is 2.17 bits per heavy atom. The average Bonchev–Trinajstić information content (AvgIpc) is 2.05. The summed E-state index contributed by atoms with van der Waals surface area (Å²) in [5, 5.41) is 2.97. The first-order valence-corrected chi connectivity index (χ1v) is 3.83. The van der Waals surface area contributed by atoms with Crippen LogP contribution in [0.1, 0.15) is 11.7 Å². The standard InChI is InChI=1S/C8H9ClN2O/c9-7-4-2-1-3-6(7)8(10)11-5-12/h1-5,8H,10H2,(H,11,12)/t8-/m1/s1. The van der Waals surface area contributed by atoms with Crippen LogP contribution in [0.3, 0.4) is 0 Å². The number of hydrogen-bond acceptors (Lipinski definition) is 2. The molecule has 0 unspecified atom stereocenters. The zero-order valence-corrected chi connectivity index (χ0v) is 7.08. The maximum atomic E-state index is 10.1. The minimum atomic E-state index is -0.531. The van der Waals surface area contributed by atoms with Gasteiger partial charge in [0.2, 0.25) is 6.41 Å². The fourth-order valence-electron chi connectivity index (χ4n) is 0.890. The highest BCUT2D eigenvalue weighted by molar-refractivity contribution is 6.31. The molecule has 0 bridgehead atoms. The van der Waals surface area contributed by atoms with Crippen LogP contribution in [0.4, 0.5) is 0 Å². The zero-order chi connectivity index (χ0) is 8.97. The molecule has 1 aromatic carbocycles. The van der Waals surface area contributed by atoms with Gasteiger partial charge in [-0.1, -0.05) is 29.8 Å². The van der Waals surface area contributed by atoms with E-state index in [0.29, 0.717) is 17.0 Å². The van der Waals surface area contributed by atoms with Crippen molar-refractivity contribution in [1.82, 2.24) is 5.32 Å². The summed E-state index contributed by atoms with van der Waals surface area (Å²) in [6, 6.07) is 7.11. The van der Waals surface area contributed by atoms with Crippen LogP contribution < -0.4 is 11.1 Å². The summed E-state index contributed by atoms with van der Waals surface area (Å²) >= 11 is 5.82. The second kappa shape index (κ2) is 4.09. The fourth-order valence-corrected chi connectivity index (χ4v) is 1.14. The van der Waals surface area contributed by atoms with E-state index in [9.17, 15) is 4.79 Å². The van der Waals surface area contributed by atoms with Crippen molar-refractivity contribution >= 4 is 18.0 Å². The monoisotopic (exact) mass is 184 g/mol. The number of rotatable bonds is 3. The summed E-state index contributed by atoms with van der Waals surface area (Å²) in [5.74, 6) is 0. The van der Waals surface area contributed by atoms with Crippen LogP contribution >= 0.6 is 11.6 Å². The van der Waals surface area contributed by atoms with E-state index in [1.165, 1.54) is 0 Å². The topological polar surface area (TPSA) is 55.1 Å². The van der Waals surface area contributed by atoms with Crippen molar-refractivity contribution in [2.24, 2.45) is 5.73 Å². The molecule has 4 heteroatoms. The van der Waals surface area contributed by atoms with Gasteiger partial charge in [0.1, 0.15) is 6.17 Å². The molecular formula is C8H9ClN2O. The number of nitrogens with one attached hydrogen (secondary N) is 1. The molecular weight excluding hydrogens is 176 g/mol. The number of halogens is 1. The van der Waals surface area contributed by atoms with Gasteiger partial charge in [-0.05, 0) is 6.07 Å². The van der Waals surface area contributed by atoms with Crippen molar-refractivity contribution in [2.45, 2.75) is 6.17 Å². The summed E-state index contributed by atoms with van der Waals surface area (Å²) in [5.41, 5.74) is 6.29. The summed E-state index contributed by atoms with van der Waals surface area (Å²) in [6.07, 6.45) is 0.0183. The number of benzene rings is 1. The van der Waals surface area contributed by atoms with Crippen molar-refractivity contribution in [2.75, 3.05) is 0 Å². The molecule has 1 amide bonds. The second-order valence-electron chi connectivity index (χ2n) is 2.28. The van der Waals surface area contributed by atoms with Crippen LogP contribution in [-0.4, -0.2) is 6.41 Å². The highest BCUT2D eigenvalue weighted by Crippen LogP contribution is 2.18. The fraction of sp³-hybridized carbons (Fsp3) is 0.125. The van der Waals surface area contributed by atoms with Crippen molar-refractivity contribution < 1.29 is 4.79 Å². The molecule has 1 atom stereocenters. The SMILES string of the molecule is N[C@H](NC=O)c1ccccc1Cl. The van der Waals surface area contributed by atoms with Crippen molar-refractivity contribution in [1.29, 1.82) is 0 Å². The van der Waals surface area contributed by atoms with E-state index in [2.05, 4.69) is 5.32 Å². The maximum Gasteiger partial charge on any atom is 0.208 e. The molecule has 12 heavy (non-hydrogen) atoms. The molecule has 0 aliphatic carbocycles. The molecule has 3 nitrogen and oxygen atoms in total. The summed E-state index contributed by atoms with van der Waals surface area (Å²) in [4.78, 5) is 10.1. The van der Waals surface area contributed by atoms with Gasteiger partial charge in [0.05, 0.1) is 0 Å². The lowest BCUT2D eigenvalue weighted by atomic mass is 10.2. The average molecular weight is 185 g/mol. The molecule has 64 valence electrons.